The van der Waals surface area contributed by atoms with Crippen LogP contribution >= 0.6 is 0 Å². The standard InChI is InChI=1S/C15H16N2O4/c1-9(2)16-15(19)21-17-10(3)12-8-11-6-4-5-7-13(11)20-14(12)18/h4-9H,1-3H3,(H,16,19)/b17-10+. The summed E-state index contributed by atoms with van der Waals surface area (Å²) in [6.07, 6.45) is -0.672. The maximum Gasteiger partial charge on any atom is 0.433 e. The van der Waals surface area contributed by atoms with E-state index in [1.807, 2.05) is 12.1 Å². The van der Waals surface area contributed by atoms with Crippen LogP contribution in [0.2, 0.25) is 0 Å². The van der Waals surface area contributed by atoms with Crippen molar-refractivity contribution in [3.63, 3.8) is 0 Å². The van der Waals surface area contributed by atoms with E-state index in [1.54, 1.807) is 39.0 Å². The first-order valence-corrected chi connectivity index (χ1v) is 6.52. The predicted octanol–water partition coefficient (Wildman–Crippen LogP) is 2.65. The molecule has 21 heavy (non-hydrogen) atoms. The third kappa shape index (κ3) is 3.68. The van der Waals surface area contributed by atoms with Crippen molar-refractivity contribution in [3.05, 3.63) is 46.3 Å². The van der Waals surface area contributed by atoms with Gasteiger partial charge in [0.25, 0.3) is 0 Å². The van der Waals surface area contributed by atoms with Gasteiger partial charge in [0.15, 0.2) is 0 Å². The molecule has 110 valence electrons. The summed E-state index contributed by atoms with van der Waals surface area (Å²) in [6, 6.07) is 8.75. The number of hydrogen-bond acceptors (Lipinski definition) is 5. The summed E-state index contributed by atoms with van der Waals surface area (Å²) in [5, 5.41) is 6.96. The summed E-state index contributed by atoms with van der Waals surface area (Å²) in [6.45, 7) is 5.18. The van der Waals surface area contributed by atoms with Crippen molar-refractivity contribution in [2.24, 2.45) is 5.16 Å². The molecule has 0 spiro atoms. The van der Waals surface area contributed by atoms with E-state index in [4.69, 9.17) is 9.25 Å². The van der Waals surface area contributed by atoms with Crippen molar-refractivity contribution in [1.29, 1.82) is 0 Å². The minimum Gasteiger partial charge on any atom is -0.422 e. The summed E-state index contributed by atoms with van der Waals surface area (Å²) >= 11 is 0. The maximum atomic E-state index is 11.9. The Morgan fingerprint density at radius 1 is 1.33 bits per heavy atom. The third-order valence-electron chi connectivity index (χ3n) is 2.70. The molecule has 0 bridgehead atoms. The molecule has 1 amide bonds. The Morgan fingerprint density at radius 2 is 2.05 bits per heavy atom. The van der Waals surface area contributed by atoms with Crippen LogP contribution in [0.15, 0.2) is 44.7 Å². The first-order valence-electron chi connectivity index (χ1n) is 6.52. The van der Waals surface area contributed by atoms with E-state index in [-0.39, 0.29) is 17.3 Å². The van der Waals surface area contributed by atoms with Crippen LogP contribution in [0.4, 0.5) is 4.79 Å². The lowest BCUT2D eigenvalue weighted by molar-refractivity contribution is 0.148. The van der Waals surface area contributed by atoms with Crippen LogP contribution in [0.1, 0.15) is 26.3 Å². The van der Waals surface area contributed by atoms with E-state index in [0.717, 1.165) is 5.39 Å². The smallest absolute Gasteiger partial charge is 0.422 e. The number of rotatable bonds is 3. The molecule has 2 rings (SSSR count). The number of nitrogens with zero attached hydrogens (tertiary/aromatic N) is 1. The van der Waals surface area contributed by atoms with E-state index >= 15 is 0 Å². The molecule has 0 aliphatic rings. The zero-order chi connectivity index (χ0) is 15.4. The summed E-state index contributed by atoms with van der Waals surface area (Å²) in [5.74, 6) is 0. The Hall–Kier alpha value is -2.63. The van der Waals surface area contributed by atoms with E-state index < -0.39 is 11.7 Å². The third-order valence-corrected chi connectivity index (χ3v) is 2.70. The Morgan fingerprint density at radius 3 is 2.76 bits per heavy atom. The van der Waals surface area contributed by atoms with Gasteiger partial charge in [-0.15, -0.1) is 0 Å². The lowest BCUT2D eigenvalue weighted by Crippen LogP contribution is -2.29. The van der Waals surface area contributed by atoms with Gasteiger partial charge in [0, 0.05) is 11.4 Å². The molecular weight excluding hydrogens is 272 g/mol. The maximum absolute atomic E-state index is 11.9. The van der Waals surface area contributed by atoms with Crippen molar-refractivity contribution >= 4 is 22.8 Å². The second kappa shape index (κ2) is 6.21. The quantitative estimate of drug-likeness (QED) is 0.407. The predicted molar refractivity (Wildman–Crippen MR) is 79.4 cm³/mol. The van der Waals surface area contributed by atoms with E-state index in [1.165, 1.54) is 0 Å². The second-order valence-corrected chi connectivity index (χ2v) is 4.84. The largest absolute Gasteiger partial charge is 0.433 e. The number of amides is 1. The minimum absolute atomic E-state index is 0.0567. The number of oxime groups is 1. The summed E-state index contributed by atoms with van der Waals surface area (Å²) in [5.41, 5.74) is 0.500. The minimum atomic E-state index is -0.672. The van der Waals surface area contributed by atoms with Crippen molar-refractivity contribution in [2.75, 3.05) is 0 Å². The molecular formula is C15H16N2O4. The molecule has 1 aromatic carbocycles. The zero-order valence-corrected chi connectivity index (χ0v) is 12.0. The molecule has 0 unspecified atom stereocenters. The van der Waals surface area contributed by atoms with Crippen LogP contribution in [0.25, 0.3) is 11.0 Å². The molecule has 1 heterocycles. The first-order chi connectivity index (χ1) is 9.97. The average Bonchev–Trinajstić information content (AvgIpc) is 2.43. The summed E-state index contributed by atoms with van der Waals surface area (Å²) in [7, 11) is 0. The van der Waals surface area contributed by atoms with Gasteiger partial charge in [-0.05, 0) is 32.9 Å². The van der Waals surface area contributed by atoms with E-state index in [0.29, 0.717) is 5.58 Å². The molecule has 0 aliphatic heterocycles. The van der Waals surface area contributed by atoms with Crippen molar-refractivity contribution in [1.82, 2.24) is 5.32 Å². The van der Waals surface area contributed by atoms with Crippen molar-refractivity contribution in [2.45, 2.75) is 26.8 Å². The molecule has 0 atom stereocenters. The number of carbonyl (C=O) groups is 1. The lowest BCUT2D eigenvalue weighted by atomic mass is 10.1. The molecule has 0 saturated heterocycles. The SMILES string of the molecule is C/C(=N\OC(=O)NC(C)C)c1cc2ccccc2oc1=O. The molecule has 6 nitrogen and oxygen atoms in total. The fourth-order valence-corrected chi connectivity index (χ4v) is 1.74. The highest BCUT2D eigenvalue weighted by atomic mass is 16.7. The number of nitrogens with one attached hydrogen (secondary N) is 1. The number of carbonyl (C=O) groups excluding carboxylic acids is 1. The second-order valence-electron chi connectivity index (χ2n) is 4.84. The van der Waals surface area contributed by atoms with Gasteiger partial charge in [-0.2, -0.15) is 0 Å². The van der Waals surface area contributed by atoms with Crippen LogP contribution in [-0.4, -0.2) is 17.8 Å². The molecule has 6 heteroatoms. The monoisotopic (exact) mass is 288 g/mol. The number of benzene rings is 1. The Kier molecular flexibility index (Phi) is 4.37. The molecule has 1 N–H and O–H groups in total. The average molecular weight is 288 g/mol. The van der Waals surface area contributed by atoms with Gasteiger partial charge in [-0.1, -0.05) is 23.4 Å². The Balaban J connectivity index is 2.26. The van der Waals surface area contributed by atoms with Crippen LogP contribution in [0.5, 0.6) is 0 Å². The van der Waals surface area contributed by atoms with Crippen molar-refractivity contribution < 1.29 is 14.0 Å². The Bertz CT molecular complexity index is 747. The van der Waals surface area contributed by atoms with Crippen LogP contribution in [0.3, 0.4) is 0 Å². The summed E-state index contributed by atoms with van der Waals surface area (Å²) < 4.78 is 5.19. The van der Waals surface area contributed by atoms with Gasteiger partial charge in [-0.3, -0.25) is 4.84 Å². The number of para-hydroxylation sites is 1. The van der Waals surface area contributed by atoms with E-state index in [2.05, 4.69) is 10.5 Å². The number of fused-ring (bicyclic) bond motifs is 1. The molecule has 0 fully saturated rings. The lowest BCUT2D eigenvalue weighted by Gasteiger charge is -2.06. The van der Waals surface area contributed by atoms with Gasteiger partial charge in [-0.25, -0.2) is 9.59 Å². The van der Waals surface area contributed by atoms with Gasteiger partial charge in [0.05, 0.1) is 11.3 Å². The van der Waals surface area contributed by atoms with Gasteiger partial charge < -0.3 is 9.73 Å². The molecule has 1 aromatic heterocycles. The fraction of sp³-hybridized carbons (Fsp3) is 0.267. The van der Waals surface area contributed by atoms with Gasteiger partial charge in [0.2, 0.25) is 0 Å². The van der Waals surface area contributed by atoms with Crippen molar-refractivity contribution in [3.8, 4) is 0 Å². The molecule has 2 aromatic rings. The van der Waals surface area contributed by atoms with E-state index in [9.17, 15) is 9.59 Å². The molecule has 0 saturated carbocycles. The van der Waals surface area contributed by atoms with Crippen LogP contribution in [0, 0.1) is 0 Å². The molecule has 0 aliphatic carbocycles. The highest BCUT2D eigenvalue weighted by Crippen LogP contribution is 2.13. The zero-order valence-electron chi connectivity index (χ0n) is 12.0. The van der Waals surface area contributed by atoms with Crippen LogP contribution in [-0.2, 0) is 4.84 Å². The van der Waals surface area contributed by atoms with Crippen LogP contribution < -0.4 is 10.9 Å². The summed E-state index contributed by atoms with van der Waals surface area (Å²) in [4.78, 5) is 27.9. The fourth-order valence-electron chi connectivity index (χ4n) is 1.74. The topological polar surface area (TPSA) is 80.9 Å². The normalized spacial score (nSPS) is 11.7. The highest BCUT2D eigenvalue weighted by molar-refractivity contribution is 6.00. The Labute approximate surface area is 121 Å². The highest BCUT2D eigenvalue weighted by Gasteiger charge is 2.10. The van der Waals surface area contributed by atoms with Gasteiger partial charge in [0.1, 0.15) is 5.58 Å². The van der Waals surface area contributed by atoms with Gasteiger partial charge >= 0.3 is 11.7 Å². The molecule has 0 radical (unpaired) electrons. The number of hydrogen-bond donors (Lipinski definition) is 1. The first kappa shape index (κ1) is 14.8.